The molecule has 0 aromatic heterocycles. The molecule has 2 aromatic carbocycles. The van der Waals surface area contributed by atoms with Crippen LogP contribution in [0, 0.1) is 15.9 Å². The molecule has 0 unspecified atom stereocenters. The van der Waals surface area contributed by atoms with Crippen molar-refractivity contribution in [2.45, 2.75) is 13.0 Å². The number of esters is 1. The van der Waals surface area contributed by atoms with E-state index in [-0.39, 0.29) is 22.6 Å². The minimum Gasteiger partial charge on any atom is -0.466 e. The first kappa shape index (κ1) is 20.0. The predicted octanol–water partition coefficient (Wildman–Crippen LogP) is 3.79. The summed E-state index contributed by atoms with van der Waals surface area (Å²) < 4.78 is 18.3. The Morgan fingerprint density at radius 2 is 1.86 bits per heavy atom. The molecule has 1 heterocycles. The molecule has 0 fully saturated rings. The molecule has 0 aliphatic carbocycles. The molecule has 3 rings (SSSR count). The Balaban J connectivity index is 2.20. The molecular formula is C20H18FN3O5. The van der Waals surface area contributed by atoms with Crippen LogP contribution in [0.4, 0.5) is 20.6 Å². The number of carbonyl (C=O) groups is 2. The van der Waals surface area contributed by atoms with Crippen LogP contribution in [0.5, 0.6) is 0 Å². The van der Waals surface area contributed by atoms with Gasteiger partial charge in [-0.25, -0.2) is 14.0 Å². The van der Waals surface area contributed by atoms with Crippen molar-refractivity contribution >= 4 is 23.4 Å². The summed E-state index contributed by atoms with van der Waals surface area (Å²) in [6.45, 7) is 1.56. The van der Waals surface area contributed by atoms with Crippen molar-refractivity contribution in [1.82, 2.24) is 4.90 Å². The normalized spacial score (nSPS) is 16.8. The molecule has 0 saturated heterocycles. The van der Waals surface area contributed by atoms with Crippen molar-refractivity contribution in [2.75, 3.05) is 19.1 Å². The highest BCUT2D eigenvalue weighted by Gasteiger charge is 2.41. The Kier molecular flexibility index (Phi) is 5.31. The second-order valence-corrected chi connectivity index (χ2v) is 6.45. The van der Waals surface area contributed by atoms with Gasteiger partial charge >= 0.3 is 12.0 Å². The third-order valence-electron chi connectivity index (χ3n) is 4.77. The SMILES string of the molecule is COC(=O)C1=C(C)N(c2cccc([N+](=O)[O-])c2)C(=O)N(C)[C@@H]1c1ccc(F)cc1. The maximum atomic E-state index is 13.4. The maximum absolute atomic E-state index is 13.4. The number of allylic oxidation sites excluding steroid dienone is 1. The fourth-order valence-corrected chi connectivity index (χ4v) is 3.38. The summed E-state index contributed by atoms with van der Waals surface area (Å²) in [7, 11) is 2.72. The number of ether oxygens (including phenoxy) is 1. The number of methoxy groups -OCH3 is 1. The van der Waals surface area contributed by atoms with Crippen molar-refractivity contribution in [3.05, 3.63) is 81.3 Å². The van der Waals surface area contributed by atoms with Crippen LogP contribution in [-0.2, 0) is 9.53 Å². The number of likely N-dealkylation sites (N-methyl/N-ethyl adjacent to an activating group) is 1. The van der Waals surface area contributed by atoms with Crippen molar-refractivity contribution in [2.24, 2.45) is 0 Å². The Hall–Kier alpha value is -3.75. The lowest BCUT2D eigenvalue weighted by molar-refractivity contribution is -0.384. The second-order valence-electron chi connectivity index (χ2n) is 6.45. The standard InChI is InChI=1S/C20H18FN3O5/c1-12-17(19(25)29-3)18(13-7-9-14(21)10-8-13)22(2)20(26)23(12)15-5-4-6-16(11-15)24(27)28/h4-11,18H,1-3H3/t18-/m1/s1. The molecule has 2 amide bonds. The maximum Gasteiger partial charge on any atom is 0.337 e. The monoisotopic (exact) mass is 399 g/mol. The summed E-state index contributed by atoms with van der Waals surface area (Å²) >= 11 is 0. The van der Waals surface area contributed by atoms with Crippen LogP contribution in [0.25, 0.3) is 0 Å². The minimum atomic E-state index is -0.800. The number of carbonyl (C=O) groups excluding carboxylic acids is 2. The number of hydrogen-bond donors (Lipinski definition) is 0. The van der Waals surface area contributed by atoms with Crippen LogP contribution < -0.4 is 4.90 Å². The predicted molar refractivity (Wildman–Crippen MR) is 103 cm³/mol. The van der Waals surface area contributed by atoms with E-state index in [4.69, 9.17) is 4.74 Å². The average Bonchev–Trinajstić information content (AvgIpc) is 2.71. The van der Waals surface area contributed by atoms with Gasteiger partial charge in [-0.3, -0.25) is 15.0 Å². The number of benzene rings is 2. The molecule has 9 heteroatoms. The zero-order valence-electron chi connectivity index (χ0n) is 16.0. The zero-order chi connectivity index (χ0) is 21.3. The number of nitro benzene ring substituents is 1. The van der Waals surface area contributed by atoms with Gasteiger partial charge in [-0.1, -0.05) is 18.2 Å². The summed E-state index contributed by atoms with van der Waals surface area (Å²) in [5.41, 5.74) is 1.03. The van der Waals surface area contributed by atoms with E-state index in [0.717, 1.165) is 0 Å². The van der Waals surface area contributed by atoms with Crippen molar-refractivity contribution in [3.8, 4) is 0 Å². The van der Waals surface area contributed by atoms with Crippen molar-refractivity contribution in [1.29, 1.82) is 0 Å². The summed E-state index contributed by atoms with van der Waals surface area (Å²) in [6.07, 6.45) is 0. The van der Waals surface area contributed by atoms with Crippen LogP contribution in [-0.4, -0.2) is 36.0 Å². The number of non-ortho nitro benzene ring substituents is 1. The van der Waals surface area contributed by atoms with Crippen LogP contribution in [0.2, 0.25) is 0 Å². The minimum absolute atomic E-state index is 0.174. The molecular weight excluding hydrogens is 381 g/mol. The van der Waals surface area contributed by atoms with E-state index < -0.39 is 28.8 Å². The Morgan fingerprint density at radius 1 is 1.21 bits per heavy atom. The lowest BCUT2D eigenvalue weighted by Crippen LogP contribution is -2.49. The van der Waals surface area contributed by atoms with Gasteiger partial charge in [-0.15, -0.1) is 0 Å². The van der Waals surface area contributed by atoms with Gasteiger partial charge in [-0.2, -0.15) is 0 Å². The molecule has 0 N–H and O–H groups in total. The summed E-state index contributed by atoms with van der Waals surface area (Å²) in [6, 6.07) is 9.72. The van der Waals surface area contributed by atoms with Crippen molar-refractivity contribution < 1.29 is 23.6 Å². The topological polar surface area (TPSA) is 93.0 Å². The number of halogens is 1. The lowest BCUT2D eigenvalue weighted by atomic mass is 9.93. The summed E-state index contributed by atoms with van der Waals surface area (Å²) in [5.74, 6) is -1.11. The average molecular weight is 399 g/mol. The smallest absolute Gasteiger partial charge is 0.337 e. The lowest BCUT2D eigenvalue weighted by Gasteiger charge is -2.40. The molecule has 150 valence electrons. The van der Waals surface area contributed by atoms with E-state index in [2.05, 4.69) is 0 Å². The molecule has 1 atom stereocenters. The Labute approximate surface area is 165 Å². The summed E-state index contributed by atoms with van der Waals surface area (Å²) in [5, 5.41) is 11.1. The Bertz CT molecular complexity index is 1020. The first-order valence-corrected chi connectivity index (χ1v) is 8.62. The van der Waals surface area contributed by atoms with Gasteiger partial charge in [0.25, 0.3) is 5.69 Å². The highest BCUT2D eigenvalue weighted by atomic mass is 19.1. The molecule has 29 heavy (non-hydrogen) atoms. The van der Waals surface area contributed by atoms with E-state index in [1.54, 1.807) is 6.92 Å². The number of anilines is 1. The van der Waals surface area contributed by atoms with E-state index in [0.29, 0.717) is 5.56 Å². The summed E-state index contributed by atoms with van der Waals surface area (Å²) in [4.78, 5) is 38.8. The number of hydrogen-bond acceptors (Lipinski definition) is 5. The first-order valence-electron chi connectivity index (χ1n) is 8.62. The third kappa shape index (κ3) is 3.54. The zero-order valence-corrected chi connectivity index (χ0v) is 16.0. The second kappa shape index (κ2) is 7.70. The van der Waals surface area contributed by atoms with Gasteiger partial charge in [0, 0.05) is 24.9 Å². The quantitative estimate of drug-likeness (QED) is 0.443. The van der Waals surface area contributed by atoms with E-state index in [1.165, 1.54) is 72.5 Å². The molecule has 0 saturated carbocycles. The third-order valence-corrected chi connectivity index (χ3v) is 4.77. The van der Waals surface area contributed by atoms with Gasteiger partial charge in [0.05, 0.1) is 29.3 Å². The first-order chi connectivity index (χ1) is 13.8. The number of nitro groups is 1. The van der Waals surface area contributed by atoms with Gasteiger partial charge < -0.3 is 9.64 Å². The molecule has 1 aliphatic rings. The highest BCUT2D eigenvalue weighted by Crippen LogP contribution is 2.39. The van der Waals surface area contributed by atoms with Crippen molar-refractivity contribution in [3.63, 3.8) is 0 Å². The fourth-order valence-electron chi connectivity index (χ4n) is 3.38. The highest BCUT2D eigenvalue weighted by molar-refractivity contribution is 6.03. The molecule has 0 bridgehead atoms. The van der Waals surface area contributed by atoms with Crippen LogP contribution in [0.3, 0.4) is 0 Å². The molecule has 8 nitrogen and oxygen atoms in total. The van der Waals surface area contributed by atoms with Crippen LogP contribution >= 0.6 is 0 Å². The van der Waals surface area contributed by atoms with Crippen LogP contribution in [0.1, 0.15) is 18.5 Å². The Morgan fingerprint density at radius 3 is 2.45 bits per heavy atom. The van der Waals surface area contributed by atoms with E-state index in [9.17, 15) is 24.1 Å². The van der Waals surface area contributed by atoms with Gasteiger partial charge in [0.1, 0.15) is 5.82 Å². The molecule has 0 spiro atoms. The van der Waals surface area contributed by atoms with E-state index >= 15 is 0 Å². The number of rotatable bonds is 4. The van der Waals surface area contributed by atoms with Gasteiger partial charge in [-0.05, 0) is 30.7 Å². The number of nitrogens with zero attached hydrogens (tertiary/aromatic N) is 3. The van der Waals surface area contributed by atoms with E-state index in [1.807, 2.05) is 0 Å². The van der Waals surface area contributed by atoms with Gasteiger partial charge in [0.15, 0.2) is 0 Å². The fraction of sp³-hybridized carbons (Fsp3) is 0.200. The molecule has 2 aromatic rings. The largest absolute Gasteiger partial charge is 0.466 e. The van der Waals surface area contributed by atoms with Gasteiger partial charge in [0.2, 0.25) is 0 Å². The molecule has 0 radical (unpaired) electrons. The number of amides is 2. The van der Waals surface area contributed by atoms with Crippen LogP contribution in [0.15, 0.2) is 59.8 Å². The molecule has 1 aliphatic heterocycles. The number of urea groups is 1.